The van der Waals surface area contributed by atoms with Crippen LogP contribution in [0.3, 0.4) is 0 Å². The summed E-state index contributed by atoms with van der Waals surface area (Å²) in [5, 5.41) is 9.98. The van der Waals surface area contributed by atoms with Crippen molar-refractivity contribution in [1.82, 2.24) is 9.88 Å². The number of halogens is 1. The van der Waals surface area contributed by atoms with Gasteiger partial charge in [-0.3, -0.25) is 9.78 Å². The number of alkyl halides is 1. The minimum atomic E-state index is -1.08. The van der Waals surface area contributed by atoms with Crippen molar-refractivity contribution in [3.8, 4) is 5.75 Å². The van der Waals surface area contributed by atoms with Crippen molar-refractivity contribution >= 4 is 28.6 Å². The lowest BCUT2D eigenvalue weighted by atomic mass is 9.79. The lowest BCUT2D eigenvalue weighted by Crippen LogP contribution is -2.41. The molecule has 1 saturated heterocycles. The van der Waals surface area contributed by atoms with Gasteiger partial charge in [-0.05, 0) is 98.9 Å². The Morgan fingerprint density at radius 2 is 2.19 bits per heavy atom. The molecule has 0 spiro atoms. The summed E-state index contributed by atoms with van der Waals surface area (Å²) in [5.74, 6) is 1.78. The second kappa shape index (κ2) is 12.4. The van der Waals surface area contributed by atoms with Gasteiger partial charge in [-0.1, -0.05) is 0 Å². The van der Waals surface area contributed by atoms with Gasteiger partial charge in [0, 0.05) is 24.5 Å². The maximum Gasteiger partial charge on any atom is 0.303 e. The normalized spacial score (nSPS) is 20.3. The Morgan fingerprint density at radius 1 is 1.34 bits per heavy atom. The third-order valence-electron chi connectivity index (χ3n) is 6.64. The number of nitrogens with zero attached hydrogens (tertiary/aromatic N) is 2. The fourth-order valence-electron chi connectivity index (χ4n) is 4.87. The van der Waals surface area contributed by atoms with Crippen LogP contribution in [0.5, 0.6) is 5.75 Å². The fourth-order valence-corrected chi connectivity index (χ4v) is 5.29. The van der Waals surface area contributed by atoms with Gasteiger partial charge in [0.25, 0.3) is 0 Å². The van der Waals surface area contributed by atoms with E-state index in [1.165, 1.54) is 0 Å². The number of aliphatic carboxylic acids is 1. The number of hydrogen-bond acceptors (Lipinski definition) is 5. The van der Waals surface area contributed by atoms with Crippen molar-refractivity contribution in [3.63, 3.8) is 0 Å². The minimum Gasteiger partial charge on any atom is -0.497 e. The van der Waals surface area contributed by atoms with Crippen molar-refractivity contribution in [2.75, 3.05) is 38.8 Å². The number of aromatic nitrogens is 1. The molecule has 1 N–H and O–H groups in total. The Morgan fingerprint density at radius 3 is 2.94 bits per heavy atom. The van der Waals surface area contributed by atoms with E-state index in [2.05, 4.69) is 16.1 Å². The summed E-state index contributed by atoms with van der Waals surface area (Å²) in [6, 6.07) is 7.32. The van der Waals surface area contributed by atoms with Crippen LogP contribution in [0.25, 0.3) is 10.9 Å². The summed E-state index contributed by atoms with van der Waals surface area (Å²) >= 11 is 1.86. The molecule has 1 aliphatic rings. The summed E-state index contributed by atoms with van der Waals surface area (Å²) in [6.45, 7) is 3.02. The molecule has 0 radical (unpaired) electrons. The van der Waals surface area contributed by atoms with Gasteiger partial charge >= 0.3 is 5.97 Å². The van der Waals surface area contributed by atoms with Gasteiger partial charge in [-0.25, -0.2) is 4.39 Å². The van der Waals surface area contributed by atoms with Gasteiger partial charge in [0.1, 0.15) is 11.9 Å². The van der Waals surface area contributed by atoms with E-state index in [4.69, 9.17) is 4.74 Å². The largest absolute Gasteiger partial charge is 0.497 e. The standard InChI is InChI=1S/C25H35FN2O3S/c1-31-20-6-8-24-22(16-20)21(10-12-27-24)23(26)7-4-18-11-14-28(13-3-15-32-2)17-19(18)5-9-25(29)30/h6,8,10,12,16,18-19,23H,3-5,7,9,11,13-15,17H2,1-2H3,(H,29,30)/t18-,19-,23-/m1/s1. The van der Waals surface area contributed by atoms with Crippen LogP contribution in [0.4, 0.5) is 4.39 Å². The average molecular weight is 463 g/mol. The summed E-state index contributed by atoms with van der Waals surface area (Å²) in [5.41, 5.74) is 1.43. The van der Waals surface area contributed by atoms with Crippen LogP contribution >= 0.6 is 11.8 Å². The van der Waals surface area contributed by atoms with E-state index in [1.807, 2.05) is 30.0 Å². The maximum absolute atomic E-state index is 15.4. The molecule has 5 nitrogen and oxygen atoms in total. The second-order valence-electron chi connectivity index (χ2n) is 8.72. The fraction of sp³-hybridized carbons (Fsp3) is 0.600. The van der Waals surface area contributed by atoms with E-state index in [1.54, 1.807) is 19.4 Å². The molecule has 7 heteroatoms. The lowest BCUT2D eigenvalue weighted by Gasteiger charge is -2.39. The van der Waals surface area contributed by atoms with Crippen molar-refractivity contribution < 1.29 is 19.0 Å². The number of rotatable bonds is 12. The van der Waals surface area contributed by atoms with E-state index in [0.717, 1.165) is 55.6 Å². The number of piperidine rings is 1. The van der Waals surface area contributed by atoms with Gasteiger partial charge in [0.2, 0.25) is 0 Å². The van der Waals surface area contributed by atoms with Crippen LogP contribution in [0, 0.1) is 11.8 Å². The number of carboxylic acid groups (broad SMARTS) is 1. The number of hydrogen-bond donors (Lipinski definition) is 1. The van der Waals surface area contributed by atoms with Gasteiger partial charge in [0.15, 0.2) is 0 Å². The van der Waals surface area contributed by atoms with E-state index >= 15 is 4.39 Å². The van der Waals surface area contributed by atoms with E-state index in [-0.39, 0.29) is 6.42 Å². The Balaban J connectivity index is 1.64. The summed E-state index contributed by atoms with van der Waals surface area (Å²) in [6.07, 6.45) is 6.96. The molecular formula is C25H35FN2O3S. The molecule has 32 heavy (non-hydrogen) atoms. The van der Waals surface area contributed by atoms with Gasteiger partial charge < -0.3 is 14.7 Å². The third-order valence-corrected chi connectivity index (χ3v) is 7.34. The molecule has 1 aliphatic heterocycles. The Hall–Kier alpha value is -1.86. The zero-order chi connectivity index (χ0) is 22.9. The van der Waals surface area contributed by atoms with Gasteiger partial charge in [-0.15, -0.1) is 0 Å². The number of ether oxygens (including phenoxy) is 1. The molecule has 3 atom stereocenters. The van der Waals surface area contributed by atoms with Crippen LogP contribution < -0.4 is 4.74 Å². The second-order valence-corrected chi connectivity index (χ2v) is 9.70. The quantitative estimate of drug-likeness (QED) is 0.415. The highest BCUT2D eigenvalue weighted by atomic mass is 32.2. The lowest BCUT2D eigenvalue weighted by molar-refractivity contribution is -0.137. The molecule has 0 aliphatic carbocycles. The van der Waals surface area contributed by atoms with E-state index < -0.39 is 12.1 Å². The number of likely N-dealkylation sites (tertiary alicyclic amines) is 1. The molecule has 1 aromatic carbocycles. The van der Waals surface area contributed by atoms with Crippen LogP contribution in [-0.2, 0) is 4.79 Å². The molecule has 2 heterocycles. The smallest absolute Gasteiger partial charge is 0.303 e. The van der Waals surface area contributed by atoms with Crippen LogP contribution in [-0.4, -0.2) is 59.7 Å². The van der Waals surface area contributed by atoms with Crippen LogP contribution in [0.1, 0.15) is 50.3 Å². The summed E-state index contributed by atoms with van der Waals surface area (Å²) in [7, 11) is 1.61. The number of methoxy groups -OCH3 is 1. The molecule has 176 valence electrons. The molecule has 1 aromatic heterocycles. The van der Waals surface area contributed by atoms with Crippen molar-refractivity contribution in [3.05, 3.63) is 36.0 Å². The molecule has 0 saturated carbocycles. The highest BCUT2D eigenvalue weighted by Gasteiger charge is 2.30. The highest BCUT2D eigenvalue weighted by molar-refractivity contribution is 7.98. The zero-order valence-corrected chi connectivity index (χ0v) is 20.0. The monoisotopic (exact) mass is 462 g/mol. The number of thioether (sulfide) groups is 1. The predicted molar refractivity (Wildman–Crippen MR) is 129 cm³/mol. The third kappa shape index (κ3) is 6.82. The topological polar surface area (TPSA) is 62.7 Å². The number of carbonyl (C=O) groups is 1. The zero-order valence-electron chi connectivity index (χ0n) is 19.1. The molecule has 3 rings (SSSR count). The van der Waals surface area contributed by atoms with E-state index in [0.29, 0.717) is 36.0 Å². The highest BCUT2D eigenvalue weighted by Crippen LogP contribution is 2.36. The number of pyridine rings is 1. The SMILES string of the molecule is COc1ccc2nccc([C@H](F)CC[C@@H]3CCN(CCCSC)C[C@H]3CCC(=O)O)c2c1. The van der Waals surface area contributed by atoms with Crippen molar-refractivity contribution in [2.24, 2.45) is 11.8 Å². The number of fused-ring (bicyclic) bond motifs is 1. The summed E-state index contributed by atoms with van der Waals surface area (Å²) < 4.78 is 20.7. The number of benzene rings is 1. The Labute approximate surface area is 194 Å². The van der Waals surface area contributed by atoms with Gasteiger partial charge in [0.05, 0.1) is 12.6 Å². The first kappa shape index (κ1) is 24.8. The first-order chi connectivity index (χ1) is 15.5. The molecule has 0 amide bonds. The Kier molecular flexibility index (Phi) is 9.60. The molecular weight excluding hydrogens is 427 g/mol. The molecule has 1 fully saturated rings. The Bertz CT molecular complexity index is 881. The minimum absolute atomic E-state index is 0.188. The summed E-state index contributed by atoms with van der Waals surface area (Å²) in [4.78, 5) is 18.0. The molecule has 0 bridgehead atoms. The predicted octanol–water partition coefficient (Wildman–Crippen LogP) is 5.59. The number of carboxylic acids is 1. The molecule has 0 unspecified atom stereocenters. The van der Waals surface area contributed by atoms with E-state index in [9.17, 15) is 9.90 Å². The average Bonchev–Trinajstić information content (AvgIpc) is 2.81. The first-order valence-electron chi connectivity index (χ1n) is 11.5. The molecule has 2 aromatic rings. The maximum atomic E-state index is 15.4. The van der Waals surface area contributed by atoms with Crippen LogP contribution in [0.15, 0.2) is 30.5 Å². The van der Waals surface area contributed by atoms with Crippen LogP contribution in [0.2, 0.25) is 0 Å². The first-order valence-corrected chi connectivity index (χ1v) is 12.9. The van der Waals surface area contributed by atoms with Crippen molar-refractivity contribution in [1.29, 1.82) is 0 Å². The van der Waals surface area contributed by atoms with Gasteiger partial charge in [-0.2, -0.15) is 11.8 Å². The van der Waals surface area contributed by atoms with Crippen molar-refractivity contribution in [2.45, 2.75) is 44.7 Å².